The summed E-state index contributed by atoms with van der Waals surface area (Å²) in [6.07, 6.45) is 4.40. The Bertz CT molecular complexity index is 1410. The van der Waals surface area contributed by atoms with Crippen molar-refractivity contribution in [2.75, 3.05) is 11.9 Å². The van der Waals surface area contributed by atoms with E-state index >= 15 is 0 Å². The molecule has 0 bridgehead atoms. The van der Waals surface area contributed by atoms with Gasteiger partial charge in [-0.05, 0) is 73.7 Å². The molecule has 0 amide bonds. The first kappa shape index (κ1) is 24.4. The largest absolute Gasteiger partial charge is 0.487 e. The molecule has 1 aliphatic carbocycles. The molecule has 7 nitrogen and oxygen atoms in total. The third kappa shape index (κ3) is 5.58. The minimum Gasteiger partial charge on any atom is -0.487 e. The second-order valence-corrected chi connectivity index (χ2v) is 8.73. The number of hydrogen-bond donors (Lipinski definition) is 1. The molecule has 0 unspecified atom stereocenters. The van der Waals surface area contributed by atoms with Gasteiger partial charge >= 0.3 is 5.97 Å². The average Bonchev–Trinajstić information content (AvgIpc) is 3.41. The second-order valence-electron chi connectivity index (χ2n) is 8.73. The van der Waals surface area contributed by atoms with Crippen molar-refractivity contribution in [2.24, 2.45) is 0 Å². The highest BCUT2D eigenvalue weighted by molar-refractivity contribution is 5.75. The normalized spacial score (nSPS) is 12.2. The summed E-state index contributed by atoms with van der Waals surface area (Å²) in [4.78, 5) is 16.0. The number of nitrogens with one attached hydrogen (secondary N) is 1. The predicted octanol–water partition coefficient (Wildman–Crippen LogP) is 5.59. The number of pyridine rings is 1. The maximum Gasteiger partial charge on any atom is 0.310 e. The Morgan fingerprint density at radius 2 is 1.86 bits per heavy atom. The number of aromatic nitrogens is 3. The number of benzene rings is 2. The maximum atomic E-state index is 14.9. The molecule has 1 N–H and O–H groups in total. The Balaban J connectivity index is 1.39. The first-order valence-corrected chi connectivity index (χ1v) is 12.3. The topological polar surface area (TPSA) is 86.2 Å². The van der Waals surface area contributed by atoms with Crippen molar-refractivity contribution in [3.8, 4) is 17.0 Å². The average molecular weight is 499 g/mol. The standard InChI is InChI=1S/C29H27FN4O3/c1-2-36-27(35)17-19-13-14-25(24(30)16-19)32-29-22-11-7-10-21(22)28(33-34-29)23-9-3-4-12-26(23)37-18-20-8-5-6-15-31-20/h3-6,8-9,12-16H,2,7,10-11,17-18H2,1H3,(H,32,34). The molecule has 1 aliphatic rings. The molecule has 5 rings (SSSR count). The van der Waals surface area contributed by atoms with Gasteiger partial charge in [-0.1, -0.05) is 24.3 Å². The van der Waals surface area contributed by atoms with Crippen LogP contribution in [0.2, 0.25) is 0 Å². The number of carbonyl (C=O) groups is 1. The minimum atomic E-state index is -0.465. The lowest BCUT2D eigenvalue weighted by molar-refractivity contribution is -0.142. The van der Waals surface area contributed by atoms with Crippen molar-refractivity contribution < 1.29 is 18.7 Å². The number of carbonyl (C=O) groups excluding carboxylic acids is 1. The Hall–Kier alpha value is -4.33. The number of para-hydroxylation sites is 1. The Morgan fingerprint density at radius 1 is 1.03 bits per heavy atom. The van der Waals surface area contributed by atoms with Crippen molar-refractivity contribution in [1.29, 1.82) is 0 Å². The first-order chi connectivity index (χ1) is 18.1. The van der Waals surface area contributed by atoms with Crippen LogP contribution in [0.3, 0.4) is 0 Å². The van der Waals surface area contributed by atoms with Crippen LogP contribution in [-0.4, -0.2) is 27.8 Å². The zero-order chi connectivity index (χ0) is 25.6. The summed E-state index contributed by atoms with van der Waals surface area (Å²) in [7, 11) is 0. The lowest BCUT2D eigenvalue weighted by Gasteiger charge is -2.16. The molecule has 2 aromatic heterocycles. The number of halogens is 1. The van der Waals surface area contributed by atoms with E-state index in [0.29, 0.717) is 30.3 Å². The van der Waals surface area contributed by atoms with E-state index in [1.54, 1.807) is 25.3 Å². The number of fused-ring (bicyclic) bond motifs is 1. The molecule has 188 valence electrons. The van der Waals surface area contributed by atoms with Gasteiger partial charge in [-0.15, -0.1) is 10.2 Å². The number of nitrogens with zero attached hydrogens (tertiary/aromatic N) is 3. The van der Waals surface area contributed by atoms with Gasteiger partial charge in [0.15, 0.2) is 5.82 Å². The van der Waals surface area contributed by atoms with Crippen molar-refractivity contribution in [2.45, 2.75) is 39.2 Å². The van der Waals surface area contributed by atoms with Crippen LogP contribution in [0.5, 0.6) is 5.75 Å². The zero-order valence-electron chi connectivity index (χ0n) is 20.5. The summed E-state index contributed by atoms with van der Waals surface area (Å²) in [5.41, 5.74) is 5.43. The van der Waals surface area contributed by atoms with Crippen LogP contribution < -0.4 is 10.1 Å². The third-order valence-corrected chi connectivity index (χ3v) is 6.22. The Labute approximate surface area is 214 Å². The van der Waals surface area contributed by atoms with E-state index in [0.717, 1.165) is 47.3 Å². The summed E-state index contributed by atoms with van der Waals surface area (Å²) in [5.74, 6) is 0.402. The number of esters is 1. The fraction of sp³-hybridized carbons (Fsp3) is 0.241. The molecule has 0 spiro atoms. The van der Waals surface area contributed by atoms with Crippen molar-refractivity contribution >= 4 is 17.5 Å². The summed E-state index contributed by atoms with van der Waals surface area (Å²) in [5, 5.41) is 12.1. The van der Waals surface area contributed by atoms with Gasteiger partial charge in [-0.3, -0.25) is 9.78 Å². The number of rotatable bonds is 9. The molecule has 0 aliphatic heterocycles. The lowest BCUT2D eigenvalue weighted by atomic mass is 10.0. The van der Waals surface area contributed by atoms with Crippen LogP contribution in [0.1, 0.15) is 35.7 Å². The molecule has 8 heteroatoms. The minimum absolute atomic E-state index is 0.0246. The van der Waals surface area contributed by atoms with Gasteiger partial charge in [0.05, 0.1) is 24.4 Å². The zero-order valence-corrected chi connectivity index (χ0v) is 20.5. The van der Waals surface area contributed by atoms with Gasteiger partial charge in [-0.25, -0.2) is 4.39 Å². The third-order valence-electron chi connectivity index (χ3n) is 6.22. The van der Waals surface area contributed by atoms with E-state index in [9.17, 15) is 9.18 Å². The van der Waals surface area contributed by atoms with Crippen molar-refractivity contribution in [3.05, 3.63) is 95.1 Å². The van der Waals surface area contributed by atoms with Crippen LogP contribution in [0.4, 0.5) is 15.9 Å². The van der Waals surface area contributed by atoms with Gasteiger partial charge in [0.2, 0.25) is 0 Å². The number of hydrogen-bond acceptors (Lipinski definition) is 7. The molecule has 0 saturated heterocycles. The first-order valence-electron chi connectivity index (χ1n) is 12.3. The van der Waals surface area contributed by atoms with Gasteiger partial charge in [-0.2, -0.15) is 0 Å². The molecule has 2 aromatic carbocycles. The molecule has 0 saturated carbocycles. The fourth-order valence-corrected chi connectivity index (χ4v) is 4.50. The van der Waals surface area contributed by atoms with Crippen molar-refractivity contribution in [3.63, 3.8) is 0 Å². The highest BCUT2D eigenvalue weighted by Gasteiger charge is 2.24. The molecule has 4 aromatic rings. The van der Waals surface area contributed by atoms with E-state index in [-0.39, 0.29) is 18.1 Å². The molecule has 0 radical (unpaired) electrons. The molecule has 37 heavy (non-hydrogen) atoms. The van der Waals surface area contributed by atoms with E-state index in [1.165, 1.54) is 6.07 Å². The fourth-order valence-electron chi connectivity index (χ4n) is 4.50. The highest BCUT2D eigenvalue weighted by atomic mass is 19.1. The number of ether oxygens (including phenoxy) is 2. The molecule has 0 atom stereocenters. The summed E-state index contributed by atoms with van der Waals surface area (Å²) >= 11 is 0. The smallest absolute Gasteiger partial charge is 0.310 e. The molecule has 2 heterocycles. The van der Waals surface area contributed by atoms with Gasteiger partial charge in [0.25, 0.3) is 0 Å². The van der Waals surface area contributed by atoms with Crippen LogP contribution >= 0.6 is 0 Å². The van der Waals surface area contributed by atoms with Crippen LogP contribution in [0.25, 0.3) is 11.3 Å². The maximum absolute atomic E-state index is 14.9. The van der Waals surface area contributed by atoms with Gasteiger partial charge in [0.1, 0.15) is 23.9 Å². The van der Waals surface area contributed by atoms with Crippen LogP contribution in [0, 0.1) is 5.82 Å². The second kappa shape index (κ2) is 11.2. The Kier molecular flexibility index (Phi) is 7.35. The molecular formula is C29H27FN4O3. The van der Waals surface area contributed by atoms with Crippen molar-refractivity contribution in [1.82, 2.24) is 15.2 Å². The van der Waals surface area contributed by atoms with E-state index in [1.807, 2.05) is 42.5 Å². The molecular weight excluding hydrogens is 471 g/mol. The van der Waals surface area contributed by atoms with E-state index in [4.69, 9.17) is 9.47 Å². The summed E-state index contributed by atoms with van der Waals surface area (Å²) < 4.78 is 25.9. The Morgan fingerprint density at radius 3 is 2.68 bits per heavy atom. The summed E-state index contributed by atoms with van der Waals surface area (Å²) in [6, 6.07) is 18.2. The highest BCUT2D eigenvalue weighted by Crippen LogP contribution is 2.38. The predicted molar refractivity (Wildman–Crippen MR) is 138 cm³/mol. The number of anilines is 2. The quantitative estimate of drug-likeness (QED) is 0.301. The molecule has 0 fully saturated rings. The van der Waals surface area contributed by atoms with Crippen LogP contribution in [0.15, 0.2) is 66.9 Å². The van der Waals surface area contributed by atoms with E-state index < -0.39 is 5.82 Å². The SMILES string of the molecule is CCOC(=O)Cc1ccc(Nc2nnc(-c3ccccc3OCc3ccccn3)c3c2CCC3)c(F)c1. The van der Waals surface area contributed by atoms with Gasteiger partial charge < -0.3 is 14.8 Å². The summed E-state index contributed by atoms with van der Waals surface area (Å²) in [6.45, 7) is 2.38. The monoisotopic (exact) mass is 498 g/mol. The van der Waals surface area contributed by atoms with E-state index in [2.05, 4.69) is 20.5 Å². The van der Waals surface area contributed by atoms with Crippen LogP contribution in [-0.2, 0) is 35.4 Å². The lowest BCUT2D eigenvalue weighted by Crippen LogP contribution is -2.08. The van der Waals surface area contributed by atoms with Gasteiger partial charge in [0, 0.05) is 17.3 Å².